The van der Waals surface area contributed by atoms with Crippen LogP contribution in [0.25, 0.3) is 0 Å². The fraction of sp³-hybridized carbons (Fsp3) is 0.300. The van der Waals surface area contributed by atoms with Gasteiger partial charge in [0.05, 0.1) is 18.8 Å². The quantitative estimate of drug-likeness (QED) is 0.778. The summed E-state index contributed by atoms with van der Waals surface area (Å²) >= 11 is 0. The number of rotatable bonds is 3. The molecule has 0 aliphatic rings. The van der Waals surface area contributed by atoms with Crippen LogP contribution < -0.4 is 0 Å². The van der Waals surface area contributed by atoms with Crippen LogP contribution in [-0.4, -0.2) is 19.5 Å². The first kappa shape index (κ1) is 9.02. The van der Waals surface area contributed by atoms with Gasteiger partial charge in [0.2, 0.25) is 0 Å². The molecule has 0 saturated heterocycles. The van der Waals surface area contributed by atoms with Crippen molar-refractivity contribution in [2.75, 3.05) is 0 Å². The van der Waals surface area contributed by atoms with Crippen LogP contribution in [-0.2, 0) is 20.2 Å². The maximum atomic E-state index is 8.89. The fourth-order valence-electron chi connectivity index (χ4n) is 1.42. The number of hydrogen-bond acceptors (Lipinski definition) is 2. The third kappa shape index (κ3) is 1.85. The summed E-state index contributed by atoms with van der Waals surface area (Å²) in [6, 6.07) is 3.89. The molecule has 0 unspecified atom stereocenters. The van der Waals surface area contributed by atoms with Gasteiger partial charge in [-0.3, -0.25) is 4.68 Å². The Labute approximate surface area is 82.4 Å². The van der Waals surface area contributed by atoms with Gasteiger partial charge in [0.1, 0.15) is 0 Å². The zero-order valence-corrected chi connectivity index (χ0v) is 8.09. The monoisotopic (exact) mass is 191 g/mol. The molecule has 0 aliphatic heterocycles. The van der Waals surface area contributed by atoms with Gasteiger partial charge in [-0.2, -0.15) is 5.10 Å². The van der Waals surface area contributed by atoms with E-state index in [1.807, 2.05) is 42.3 Å². The molecule has 0 aromatic carbocycles. The Morgan fingerprint density at radius 3 is 2.79 bits per heavy atom. The van der Waals surface area contributed by atoms with E-state index in [0.717, 1.165) is 17.8 Å². The predicted octanol–water partition coefficient (Wildman–Crippen LogP) is 0.762. The fourth-order valence-corrected chi connectivity index (χ4v) is 1.42. The average Bonchev–Trinajstić information content (AvgIpc) is 2.76. The van der Waals surface area contributed by atoms with Crippen LogP contribution >= 0.6 is 0 Å². The number of aryl methyl sites for hydroxylation is 1. The Hall–Kier alpha value is -1.55. The highest BCUT2D eigenvalue weighted by Gasteiger charge is 1.99. The molecule has 1 N–H and O–H groups in total. The second kappa shape index (κ2) is 3.67. The molecule has 0 spiro atoms. The first-order valence-corrected chi connectivity index (χ1v) is 4.52. The summed E-state index contributed by atoms with van der Waals surface area (Å²) in [6.45, 7) is 0.843. The third-order valence-electron chi connectivity index (χ3n) is 2.11. The topological polar surface area (TPSA) is 43.0 Å². The molecule has 0 amide bonds. The van der Waals surface area contributed by atoms with Crippen LogP contribution in [0.2, 0.25) is 0 Å². The Kier molecular flexibility index (Phi) is 2.37. The lowest BCUT2D eigenvalue weighted by Gasteiger charge is -1.98. The van der Waals surface area contributed by atoms with E-state index < -0.39 is 0 Å². The maximum Gasteiger partial charge on any atom is 0.0821 e. The lowest BCUT2D eigenvalue weighted by molar-refractivity contribution is 0.281. The zero-order chi connectivity index (χ0) is 9.97. The minimum absolute atomic E-state index is 0.0925. The average molecular weight is 191 g/mol. The Balaban J connectivity index is 2.10. The van der Waals surface area contributed by atoms with E-state index in [2.05, 4.69) is 5.10 Å². The number of aromatic nitrogens is 3. The van der Waals surface area contributed by atoms with Crippen molar-refractivity contribution < 1.29 is 5.11 Å². The molecule has 0 bridgehead atoms. The second-order valence-electron chi connectivity index (χ2n) is 3.33. The highest BCUT2D eigenvalue weighted by atomic mass is 16.3. The van der Waals surface area contributed by atoms with Crippen molar-refractivity contribution in [3.05, 3.63) is 42.0 Å². The summed E-state index contributed by atoms with van der Waals surface area (Å²) < 4.78 is 3.79. The minimum atomic E-state index is 0.0925. The Morgan fingerprint density at radius 1 is 1.36 bits per heavy atom. The van der Waals surface area contributed by atoms with E-state index in [1.165, 1.54) is 0 Å². The summed E-state index contributed by atoms with van der Waals surface area (Å²) in [6.07, 6.45) is 5.79. The van der Waals surface area contributed by atoms with Crippen LogP contribution in [0.3, 0.4) is 0 Å². The summed E-state index contributed by atoms with van der Waals surface area (Å²) in [5.74, 6) is 0. The van der Waals surface area contributed by atoms with Crippen molar-refractivity contribution in [3.8, 4) is 0 Å². The largest absolute Gasteiger partial charge is 0.392 e. The van der Waals surface area contributed by atoms with Crippen molar-refractivity contribution >= 4 is 0 Å². The molecule has 14 heavy (non-hydrogen) atoms. The number of aliphatic hydroxyl groups is 1. The third-order valence-corrected chi connectivity index (χ3v) is 2.11. The molecule has 4 nitrogen and oxygen atoms in total. The molecule has 0 radical (unpaired) electrons. The Bertz CT molecular complexity index is 416. The zero-order valence-electron chi connectivity index (χ0n) is 8.09. The molecule has 0 atom stereocenters. The molecule has 2 rings (SSSR count). The van der Waals surface area contributed by atoms with Crippen LogP contribution in [0.1, 0.15) is 11.3 Å². The molecular formula is C10H13N3O. The van der Waals surface area contributed by atoms with Gasteiger partial charge < -0.3 is 9.67 Å². The SMILES string of the molecule is Cn1ccc(Cn2ccc(CO)c2)n1. The van der Waals surface area contributed by atoms with Crippen molar-refractivity contribution in [1.82, 2.24) is 14.3 Å². The first-order chi connectivity index (χ1) is 6.78. The molecule has 0 saturated carbocycles. The van der Waals surface area contributed by atoms with Gasteiger partial charge in [0, 0.05) is 25.6 Å². The second-order valence-corrected chi connectivity index (χ2v) is 3.33. The summed E-state index contributed by atoms with van der Waals surface area (Å²) in [7, 11) is 1.90. The van der Waals surface area contributed by atoms with Crippen LogP contribution in [0.5, 0.6) is 0 Å². The Morgan fingerprint density at radius 2 is 2.21 bits per heavy atom. The molecule has 2 aromatic heterocycles. The van der Waals surface area contributed by atoms with E-state index in [1.54, 1.807) is 4.68 Å². The summed E-state index contributed by atoms with van der Waals surface area (Å²) in [4.78, 5) is 0. The van der Waals surface area contributed by atoms with Gasteiger partial charge in [-0.25, -0.2) is 0 Å². The normalized spacial score (nSPS) is 10.7. The van der Waals surface area contributed by atoms with Crippen LogP contribution in [0.15, 0.2) is 30.7 Å². The highest BCUT2D eigenvalue weighted by molar-refractivity contribution is 5.10. The van der Waals surface area contributed by atoms with Crippen molar-refractivity contribution in [2.45, 2.75) is 13.2 Å². The number of hydrogen-bond donors (Lipinski definition) is 1. The van der Waals surface area contributed by atoms with Gasteiger partial charge in [0.15, 0.2) is 0 Å². The van der Waals surface area contributed by atoms with E-state index in [0.29, 0.717) is 0 Å². The number of nitrogens with zero attached hydrogens (tertiary/aromatic N) is 3. The molecule has 0 aliphatic carbocycles. The van der Waals surface area contributed by atoms with Crippen molar-refractivity contribution in [3.63, 3.8) is 0 Å². The van der Waals surface area contributed by atoms with E-state index in [4.69, 9.17) is 5.11 Å². The lowest BCUT2D eigenvalue weighted by Crippen LogP contribution is -1.98. The standard InChI is InChI=1S/C10H13N3O/c1-12-4-3-10(11-12)7-13-5-2-9(6-13)8-14/h2-6,14H,7-8H2,1H3. The molecule has 0 fully saturated rings. The smallest absolute Gasteiger partial charge is 0.0821 e. The summed E-state index contributed by atoms with van der Waals surface area (Å²) in [5.41, 5.74) is 1.95. The minimum Gasteiger partial charge on any atom is -0.392 e. The molecule has 2 aromatic rings. The van der Waals surface area contributed by atoms with Crippen LogP contribution in [0.4, 0.5) is 0 Å². The van der Waals surface area contributed by atoms with Gasteiger partial charge >= 0.3 is 0 Å². The summed E-state index contributed by atoms with van der Waals surface area (Å²) in [5, 5.41) is 13.2. The molecule has 74 valence electrons. The van der Waals surface area contributed by atoms with Gasteiger partial charge in [-0.05, 0) is 17.7 Å². The van der Waals surface area contributed by atoms with Crippen molar-refractivity contribution in [2.24, 2.45) is 7.05 Å². The molecule has 4 heteroatoms. The molecular weight excluding hydrogens is 178 g/mol. The van der Waals surface area contributed by atoms with Crippen LogP contribution in [0, 0.1) is 0 Å². The van der Waals surface area contributed by atoms with E-state index >= 15 is 0 Å². The predicted molar refractivity (Wildman–Crippen MR) is 52.7 cm³/mol. The van der Waals surface area contributed by atoms with E-state index in [9.17, 15) is 0 Å². The highest BCUT2D eigenvalue weighted by Crippen LogP contribution is 2.04. The van der Waals surface area contributed by atoms with Gasteiger partial charge in [0.25, 0.3) is 0 Å². The lowest BCUT2D eigenvalue weighted by atomic mass is 10.4. The van der Waals surface area contributed by atoms with Gasteiger partial charge in [-0.1, -0.05) is 0 Å². The van der Waals surface area contributed by atoms with Gasteiger partial charge in [-0.15, -0.1) is 0 Å². The molecule has 2 heterocycles. The first-order valence-electron chi connectivity index (χ1n) is 4.52. The maximum absolute atomic E-state index is 8.89. The van der Waals surface area contributed by atoms with Crippen molar-refractivity contribution in [1.29, 1.82) is 0 Å². The van der Waals surface area contributed by atoms with E-state index in [-0.39, 0.29) is 6.61 Å². The number of aliphatic hydroxyl groups excluding tert-OH is 1.